The van der Waals surface area contributed by atoms with Crippen LogP contribution in [-0.4, -0.2) is 26.2 Å². The van der Waals surface area contributed by atoms with Crippen molar-refractivity contribution in [3.63, 3.8) is 0 Å². The molecule has 0 bridgehead atoms. The average molecular weight is 379 g/mol. The first kappa shape index (κ1) is 19.1. The number of carbonyl (C=O) groups is 2. The SMILES string of the molecule is COC(=O)C1=C(C(=O)OC)N(c2ccccc2-c2ccc(F)cc2)C=CC=C1. The van der Waals surface area contributed by atoms with Crippen molar-refractivity contribution in [3.05, 3.63) is 90.0 Å². The summed E-state index contributed by atoms with van der Waals surface area (Å²) < 4.78 is 23.1. The lowest BCUT2D eigenvalue weighted by atomic mass is 10.0. The Morgan fingerprint density at radius 2 is 1.57 bits per heavy atom. The van der Waals surface area contributed by atoms with Gasteiger partial charge in [-0.1, -0.05) is 36.4 Å². The monoisotopic (exact) mass is 379 g/mol. The van der Waals surface area contributed by atoms with E-state index in [1.54, 1.807) is 47.5 Å². The van der Waals surface area contributed by atoms with Gasteiger partial charge in [0.2, 0.25) is 0 Å². The molecule has 2 aromatic carbocycles. The Labute approximate surface area is 162 Å². The molecule has 3 rings (SSSR count). The van der Waals surface area contributed by atoms with E-state index in [1.807, 2.05) is 12.1 Å². The second kappa shape index (κ2) is 8.35. The number of hydrogen-bond donors (Lipinski definition) is 0. The Hall–Kier alpha value is -3.67. The van der Waals surface area contributed by atoms with Gasteiger partial charge in [0, 0.05) is 11.8 Å². The Balaban J connectivity index is 2.23. The van der Waals surface area contributed by atoms with Gasteiger partial charge in [0.1, 0.15) is 11.5 Å². The van der Waals surface area contributed by atoms with E-state index in [2.05, 4.69) is 0 Å². The van der Waals surface area contributed by atoms with Crippen molar-refractivity contribution < 1.29 is 23.5 Å². The van der Waals surface area contributed by atoms with Crippen molar-refractivity contribution in [1.82, 2.24) is 0 Å². The number of hydrogen-bond acceptors (Lipinski definition) is 5. The summed E-state index contributed by atoms with van der Waals surface area (Å²) in [5.74, 6) is -1.70. The molecular weight excluding hydrogens is 361 g/mol. The van der Waals surface area contributed by atoms with Crippen LogP contribution in [0.2, 0.25) is 0 Å². The van der Waals surface area contributed by atoms with Gasteiger partial charge in [-0.3, -0.25) is 0 Å². The molecule has 0 saturated carbocycles. The van der Waals surface area contributed by atoms with Gasteiger partial charge in [-0.25, -0.2) is 14.0 Å². The molecule has 0 fully saturated rings. The first-order valence-electron chi connectivity index (χ1n) is 8.46. The number of esters is 2. The molecule has 0 unspecified atom stereocenters. The number of halogens is 1. The van der Waals surface area contributed by atoms with E-state index in [1.165, 1.54) is 32.4 Å². The summed E-state index contributed by atoms with van der Waals surface area (Å²) >= 11 is 0. The highest BCUT2D eigenvalue weighted by Gasteiger charge is 2.28. The molecule has 5 nitrogen and oxygen atoms in total. The van der Waals surface area contributed by atoms with Crippen molar-refractivity contribution in [2.24, 2.45) is 0 Å². The van der Waals surface area contributed by atoms with E-state index in [4.69, 9.17) is 9.47 Å². The van der Waals surface area contributed by atoms with Crippen LogP contribution in [0, 0.1) is 5.82 Å². The highest BCUT2D eigenvalue weighted by atomic mass is 19.1. The van der Waals surface area contributed by atoms with Crippen LogP contribution >= 0.6 is 0 Å². The van der Waals surface area contributed by atoms with Gasteiger partial charge in [0.25, 0.3) is 0 Å². The maximum Gasteiger partial charge on any atom is 0.355 e. The summed E-state index contributed by atoms with van der Waals surface area (Å²) in [7, 11) is 2.49. The second-order valence-corrected chi connectivity index (χ2v) is 5.84. The largest absolute Gasteiger partial charge is 0.465 e. The van der Waals surface area contributed by atoms with Gasteiger partial charge >= 0.3 is 11.9 Å². The molecule has 0 N–H and O–H groups in total. The zero-order chi connectivity index (χ0) is 20.1. The summed E-state index contributed by atoms with van der Waals surface area (Å²) in [4.78, 5) is 26.4. The van der Waals surface area contributed by atoms with Gasteiger partial charge in [0.15, 0.2) is 0 Å². The summed E-state index contributed by atoms with van der Waals surface area (Å²) in [5, 5.41) is 0. The molecule has 0 aromatic heterocycles. The van der Waals surface area contributed by atoms with Gasteiger partial charge in [-0.15, -0.1) is 0 Å². The van der Waals surface area contributed by atoms with Crippen LogP contribution in [-0.2, 0) is 19.1 Å². The third-order valence-electron chi connectivity index (χ3n) is 4.21. The number of ether oxygens (including phenoxy) is 2. The molecule has 28 heavy (non-hydrogen) atoms. The molecule has 6 heteroatoms. The van der Waals surface area contributed by atoms with E-state index in [-0.39, 0.29) is 17.1 Å². The Morgan fingerprint density at radius 3 is 2.25 bits per heavy atom. The van der Waals surface area contributed by atoms with Gasteiger partial charge in [-0.2, -0.15) is 0 Å². The molecule has 0 saturated heterocycles. The molecule has 1 heterocycles. The minimum absolute atomic E-state index is 0.0221. The van der Waals surface area contributed by atoms with Crippen LogP contribution in [0.4, 0.5) is 10.1 Å². The summed E-state index contributed by atoms with van der Waals surface area (Å²) in [5.41, 5.74) is 2.21. The van der Waals surface area contributed by atoms with Gasteiger partial charge < -0.3 is 14.4 Å². The summed E-state index contributed by atoms with van der Waals surface area (Å²) in [6, 6.07) is 13.3. The maximum absolute atomic E-state index is 13.4. The highest BCUT2D eigenvalue weighted by molar-refractivity contribution is 6.06. The predicted molar refractivity (Wildman–Crippen MR) is 104 cm³/mol. The lowest BCUT2D eigenvalue weighted by Crippen LogP contribution is -2.27. The molecule has 1 aliphatic rings. The number of benzene rings is 2. The van der Waals surface area contributed by atoms with E-state index in [0.717, 1.165) is 11.1 Å². The smallest absolute Gasteiger partial charge is 0.355 e. The van der Waals surface area contributed by atoms with Gasteiger partial charge in [0.05, 0.1) is 25.5 Å². The zero-order valence-electron chi connectivity index (χ0n) is 15.4. The summed E-state index contributed by atoms with van der Waals surface area (Å²) in [6.07, 6.45) is 6.48. The maximum atomic E-state index is 13.4. The third kappa shape index (κ3) is 3.71. The fourth-order valence-corrected chi connectivity index (χ4v) is 2.91. The van der Waals surface area contributed by atoms with E-state index in [9.17, 15) is 14.0 Å². The molecule has 142 valence electrons. The van der Waals surface area contributed by atoms with Crippen molar-refractivity contribution >= 4 is 17.6 Å². The first-order valence-corrected chi connectivity index (χ1v) is 8.46. The van der Waals surface area contributed by atoms with Crippen LogP contribution in [0.1, 0.15) is 0 Å². The highest BCUT2D eigenvalue weighted by Crippen LogP contribution is 2.35. The molecule has 2 aromatic rings. The fourth-order valence-electron chi connectivity index (χ4n) is 2.91. The molecule has 0 aliphatic carbocycles. The van der Waals surface area contributed by atoms with Crippen LogP contribution in [0.5, 0.6) is 0 Å². The van der Waals surface area contributed by atoms with Crippen molar-refractivity contribution in [1.29, 1.82) is 0 Å². The Morgan fingerprint density at radius 1 is 0.893 bits per heavy atom. The normalized spacial score (nSPS) is 13.3. The van der Waals surface area contributed by atoms with E-state index in [0.29, 0.717) is 5.69 Å². The van der Waals surface area contributed by atoms with Crippen molar-refractivity contribution in [2.75, 3.05) is 19.1 Å². The summed E-state index contributed by atoms with van der Waals surface area (Å²) in [6.45, 7) is 0. The first-order chi connectivity index (χ1) is 13.6. The number of rotatable bonds is 4. The minimum Gasteiger partial charge on any atom is -0.465 e. The molecule has 0 amide bonds. The van der Waals surface area contributed by atoms with Crippen LogP contribution in [0.3, 0.4) is 0 Å². The van der Waals surface area contributed by atoms with E-state index < -0.39 is 11.9 Å². The van der Waals surface area contributed by atoms with Crippen molar-refractivity contribution in [3.8, 4) is 11.1 Å². The average Bonchev–Trinajstić information content (AvgIpc) is 2.96. The third-order valence-corrected chi connectivity index (χ3v) is 4.21. The Bertz CT molecular complexity index is 990. The molecule has 0 radical (unpaired) electrons. The molecular formula is C22H18FNO4. The lowest BCUT2D eigenvalue weighted by molar-refractivity contribution is -0.139. The quantitative estimate of drug-likeness (QED) is 0.752. The number of carbonyl (C=O) groups excluding carboxylic acids is 2. The standard InChI is InChI=1S/C22H18FNO4/c1-27-21(25)18-8-5-6-14-24(20(18)22(26)28-2)19-9-4-3-7-17(19)15-10-12-16(23)13-11-15/h3-14H,1-2H3. The number of methoxy groups -OCH3 is 2. The Kier molecular flexibility index (Phi) is 5.69. The predicted octanol–water partition coefficient (Wildman–Crippen LogP) is 3.98. The number of allylic oxidation sites excluding steroid dienone is 2. The molecule has 1 aliphatic heterocycles. The lowest BCUT2D eigenvalue weighted by Gasteiger charge is -2.25. The number of para-hydroxylation sites is 1. The van der Waals surface area contributed by atoms with Crippen LogP contribution in [0.15, 0.2) is 84.2 Å². The number of nitrogens with zero attached hydrogens (tertiary/aromatic N) is 1. The van der Waals surface area contributed by atoms with Gasteiger partial charge in [-0.05, 0) is 35.9 Å². The zero-order valence-corrected chi connectivity index (χ0v) is 15.4. The van der Waals surface area contributed by atoms with Crippen molar-refractivity contribution in [2.45, 2.75) is 0 Å². The fraction of sp³-hybridized carbons (Fsp3) is 0.0909. The molecule has 0 spiro atoms. The number of anilines is 1. The molecule has 0 atom stereocenters. The van der Waals surface area contributed by atoms with Crippen LogP contribution < -0.4 is 4.90 Å². The van der Waals surface area contributed by atoms with Crippen LogP contribution in [0.25, 0.3) is 11.1 Å². The second-order valence-electron chi connectivity index (χ2n) is 5.84. The minimum atomic E-state index is -0.689. The van der Waals surface area contributed by atoms with E-state index >= 15 is 0 Å². The topological polar surface area (TPSA) is 55.8 Å².